The van der Waals surface area contributed by atoms with Gasteiger partial charge in [0.15, 0.2) is 0 Å². The Morgan fingerprint density at radius 2 is 2.14 bits per heavy atom. The average Bonchev–Trinajstić information content (AvgIpc) is 2.92. The van der Waals surface area contributed by atoms with E-state index in [0.717, 1.165) is 11.3 Å². The topological polar surface area (TPSA) is 61.9 Å². The second-order valence-corrected chi connectivity index (χ2v) is 5.33. The van der Waals surface area contributed by atoms with E-state index >= 15 is 0 Å². The highest BCUT2D eigenvalue weighted by Crippen LogP contribution is 2.17. The van der Waals surface area contributed by atoms with Crippen molar-refractivity contribution in [2.75, 3.05) is 13.7 Å². The summed E-state index contributed by atoms with van der Waals surface area (Å²) in [4.78, 5) is 17.2. The number of ether oxygens (including phenoxy) is 1. The zero-order valence-electron chi connectivity index (χ0n) is 12.9. The minimum absolute atomic E-state index is 0.0723. The molecule has 2 heterocycles. The monoisotopic (exact) mass is 298 g/mol. The van der Waals surface area contributed by atoms with Crippen LogP contribution in [0.2, 0.25) is 0 Å². The minimum Gasteiger partial charge on any atom is -0.382 e. The molecular weight excluding hydrogens is 280 g/mol. The predicted octanol–water partition coefficient (Wildman–Crippen LogP) is 1.67. The summed E-state index contributed by atoms with van der Waals surface area (Å²) in [5, 5.41) is 4.79. The Kier molecular flexibility index (Phi) is 3.77. The maximum absolute atomic E-state index is 12.8. The van der Waals surface area contributed by atoms with Crippen LogP contribution in [0, 0.1) is 6.92 Å². The molecule has 2 aromatic heterocycles. The van der Waals surface area contributed by atoms with Crippen LogP contribution in [0.25, 0.3) is 10.9 Å². The maximum atomic E-state index is 12.8. The van der Waals surface area contributed by atoms with Crippen LogP contribution in [0.15, 0.2) is 41.6 Å². The van der Waals surface area contributed by atoms with Gasteiger partial charge in [-0.15, -0.1) is 0 Å². The third kappa shape index (κ3) is 2.42. The van der Waals surface area contributed by atoms with Gasteiger partial charge in [0, 0.05) is 20.4 Å². The molecule has 22 heavy (non-hydrogen) atoms. The summed E-state index contributed by atoms with van der Waals surface area (Å²) in [5.74, 6) is 0. The molecule has 0 N–H and O–H groups in total. The number of aromatic nitrogens is 4. The Labute approximate surface area is 128 Å². The van der Waals surface area contributed by atoms with Crippen LogP contribution in [0.4, 0.5) is 0 Å². The molecular formula is C16H18N4O2. The number of benzene rings is 1. The second-order valence-electron chi connectivity index (χ2n) is 5.33. The van der Waals surface area contributed by atoms with Crippen LogP contribution < -0.4 is 5.56 Å². The first-order chi connectivity index (χ1) is 10.6. The molecule has 3 aromatic rings. The van der Waals surface area contributed by atoms with E-state index in [4.69, 9.17) is 4.74 Å². The molecule has 3 rings (SSSR count). The second kappa shape index (κ2) is 5.73. The number of aryl methyl sites for hydroxylation is 2. The number of nitrogens with zero attached hydrogens (tertiary/aromatic N) is 4. The minimum atomic E-state index is -0.262. The summed E-state index contributed by atoms with van der Waals surface area (Å²) < 4.78 is 8.66. The van der Waals surface area contributed by atoms with Gasteiger partial charge in [0.25, 0.3) is 5.56 Å². The van der Waals surface area contributed by atoms with Gasteiger partial charge in [-0.25, -0.2) is 4.98 Å². The van der Waals surface area contributed by atoms with E-state index in [2.05, 4.69) is 10.1 Å². The van der Waals surface area contributed by atoms with Gasteiger partial charge in [0.05, 0.1) is 29.5 Å². The molecule has 0 aliphatic rings. The summed E-state index contributed by atoms with van der Waals surface area (Å²) in [6, 6.07) is 7.31. The fraction of sp³-hybridized carbons (Fsp3) is 0.312. The smallest absolute Gasteiger partial charge is 0.261 e. The molecule has 0 fully saturated rings. The molecule has 0 unspecified atom stereocenters. The molecule has 0 spiro atoms. The van der Waals surface area contributed by atoms with E-state index in [1.807, 2.05) is 38.2 Å². The molecule has 0 aliphatic heterocycles. The van der Waals surface area contributed by atoms with Crippen molar-refractivity contribution in [3.63, 3.8) is 0 Å². The van der Waals surface area contributed by atoms with Gasteiger partial charge in [-0.1, -0.05) is 11.6 Å². The van der Waals surface area contributed by atoms with Crippen molar-refractivity contribution in [1.29, 1.82) is 0 Å². The van der Waals surface area contributed by atoms with Crippen LogP contribution in [0.1, 0.15) is 17.3 Å². The lowest BCUT2D eigenvalue weighted by molar-refractivity contribution is 0.164. The van der Waals surface area contributed by atoms with Gasteiger partial charge in [0.1, 0.15) is 6.04 Å². The first-order valence-electron chi connectivity index (χ1n) is 7.06. The summed E-state index contributed by atoms with van der Waals surface area (Å²) in [5.41, 5.74) is 2.57. The van der Waals surface area contributed by atoms with Crippen LogP contribution in [0.5, 0.6) is 0 Å². The van der Waals surface area contributed by atoms with E-state index in [1.54, 1.807) is 28.9 Å². The van der Waals surface area contributed by atoms with E-state index in [1.165, 1.54) is 0 Å². The number of hydrogen-bond acceptors (Lipinski definition) is 4. The first-order valence-corrected chi connectivity index (χ1v) is 7.06. The SMILES string of the molecule is COC[C@@H](c1ccnn1C)n1cnc2ccc(C)cc2c1=O. The highest BCUT2D eigenvalue weighted by atomic mass is 16.5. The van der Waals surface area contributed by atoms with Crippen LogP contribution in [0.3, 0.4) is 0 Å². The number of rotatable bonds is 4. The summed E-state index contributed by atoms with van der Waals surface area (Å²) >= 11 is 0. The standard InChI is InChI=1S/C16H18N4O2/c1-11-4-5-13-12(8-11)16(21)20(10-17-13)15(9-22-3)14-6-7-18-19(14)2/h4-8,10,15H,9H2,1-3H3/t15-/m0/s1. The molecule has 6 nitrogen and oxygen atoms in total. The molecule has 1 aromatic carbocycles. The summed E-state index contributed by atoms with van der Waals surface area (Å²) in [6.45, 7) is 2.34. The van der Waals surface area contributed by atoms with Crippen LogP contribution in [-0.4, -0.2) is 33.0 Å². The van der Waals surface area contributed by atoms with E-state index in [9.17, 15) is 4.79 Å². The van der Waals surface area contributed by atoms with E-state index < -0.39 is 0 Å². The highest BCUT2D eigenvalue weighted by Gasteiger charge is 2.19. The largest absolute Gasteiger partial charge is 0.382 e. The molecule has 114 valence electrons. The molecule has 0 aliphatic carbocycles. The van der Waals surface area contributed by atoms with Crippen molar-refractivity contribution in [2.24, 2.45) is 7.05 Å². The summed E-state index contributed by atoms with van der Waals surface area (Å²) in [7, 11) is 3.47. The molecule has 0 bridgehead atoms. The normalized spacial score (nSPS) is 12.7. The van der Waals surface area contributed by atoms with Gasteiger partial charge >= 0.3 is 0 Å². The van der Waals surface area contributed by atoms with Crippen molar-refractivity contribution in [2.45, 2.75) is 13.0 Å². The molecule has 6 heteroatoms. The zero-order valence-corrected chi connectivity index (χ0v) is 12.9. The highest BCUT2D eigenvalue weighted by molar-refractivity contribution is 5.78. The van der Waals surface area contributed by atoms with E-state index in [-0.39, 0.29) is 11.6 Å². The number of hydrogen-bond donors (Lipinski definition) is 0. The molecule has 0 amide bonds. The van der Waals surface area contributed by atoms with Crippen LogP contribution in [-0.2, 0) is 11.8 Å². The quantitative estimate of drug-likeness (QED) is 0.735. The van der Waals surface area contributed by atoms with Gasteiger partial charge < -0.3 is 4.74 Å². The predicted molar refractivity (Wildman–Crippen MR) is 84.0 cm³/mol. The lowest BCUT2D eigenvalue weighted by Crippen LogP contribution is -2.30. The van der Waals surface area contributed by atoms with Gasteiger partial charge in [-0.2, -0.15) is 5.10 Å². The van der Waals surface area contributed by atoms with Crippen molar-refractivity contribution in [3.8, 4) is 0 Å². The van der Waals surface area contributed by atoms with Crippen molar-refractivity contribution in [1.82, 2.24) is 19.3 Å². The molecule has 0 saturated heterocycles. The maximum Gasteiger partial charge on any atom is 0.261 e. The first kappa shape index (κ1) is 14.5. The third-order valence-corrected chi connectivity index (χ3v) is 3.80. The number of fused-ring (bicyclic) bond motifs is 1. The Bertz CT molecular complexity index is 866. The molecule has 0 saturated carbocycles. The van der Waals surface area contributed by atoms with Gasteiger partial charge in [-0.3, -0.25) is 14.0 Å². The van der Waals surface area contributed by atoms with Gasteiger partial charge in [0.2, 0.25) is 0 Å². The Morgan fingerprint density at radius 1 is 1.32 bits per heavy atom. The van der Waals surface area contributed by atoms with Crippen LogP contribution >= 0.6 is 0 Å². The number of methoxy groups -OCH3 is 1. The molecule has 0 radical (unpaired) electrons. The lowest BCUT2D eigenvalue weighted by Gasteiger charge is -2.19. The van der Waals surface area contributed by atoms with Crippen molar-refractivity contribution >= 4 is 10.9 Å². The Hall–Kier alpha value is -2.47. The van der Waals surface area contributed by atoms with Crippen molar-refractivity contribution in [3.05, 3.63) is 58.4 Å². The third-order valence-electron chi connectivity index (χ3n) is 3.80. The fourth-order valence-corrected chi connectivity index (χ4v) is 2.65. The van der Waals surface area contributed by atoms with Gasteiger partial charge in [-0.05, 0) is 25.1 Å². The van der Waals surface area contributed by atoms with E-state index in [0.29, 0.717) is 17.5 Å². The Balaban J connectivity index is 2.20. The fourth-order valence-electron chi connectivity index (χ4n) is 2.65. The Morgan fingerprint density at radius 3 is 2.82 bits per heavy atom. The summed E-state index contributed by atoms with van der Waals surface area (Å²) in [6.07, 6.45) is 3.29. The average molecular weight is 298 g/mol. The van der Waals surface area contributed by atoms with Crippen molar-refractivity contribution < 1.29 is 4.74 Å². The zero-order chi connectivity index (χ0) is 15.7. The molecule has 1 atom stereocenters. The lowest BCUT2D eigenvalue weighted by atomic mass is 10.1.